The summed E-state index contributed by atoms with van der Waals surface area (Å²) in [5.74, 6) is 0.767. The van der Waals surface area contributed by atoms with Crippen LogP contribution in [0.25, 0.3) is 11.4 Å². The van der Waals surface area contributed by atoms with Crippen LogP contribution in [0.5, 0.6) is 0 Å². The van der Waals surface area contributed by atoms with E-state index >= 15 is 0 Å². The minimum atomic E-state index is 0.545. The van der Waals surface area contributed by atoms with Gasteiger partial charge in [0.1, 0.15) is 0 Å². The summed E-state index contributed by atoms with van der Waals surface area (Å²) in [6.45, 7) is 1.99. The highest BCUT2D eigenvalue weighted by molar-refractivity contribution is 7.71. The van der Waals surface area contributed by atoms with Crippen LogP contribution in [0.1, 0.15) is 5.69 Å². The van der Waals surface area contributed by atoms with E-state index in [1.165, 1.54) is 0 Å². The summed E-state index contributed by atoms with van der Waals surface area (Å²) in [5.41, 5.74) is 2.05. The summed E-state index contributed by atoms with van der Waals surface area (Å²) in [5, 5.41) is 7.21. The molecule has 5 nitrogen and oxygen atoms in total. The molecule has 0 bridgehead atoms. The zero-order chi connectivity index (χ0) is 10.3. The molecule has 0 radical (unpaired) electrons. The number of aromatic amines is 1. The van der Waals surface area contributed by atoms with Crippen molar-refractivity contribution in [3.63, 3.8) is 0 Å². The van der Waals surface area contributed by atoms with Crippen LogP contribution < -0.4 is 0 Å². The van der Waals surface area contributed by atoms with Crippen LogP contribution in [0, 0.1) is 11.7 Å². The highest BCUT2D eigenvalue weighted by Gasteiger charge is 2.09. The molecular weight excluding hydrogens is 198 g/mol. The molecule has 0 spiro atoms. The summed E-state index contributed by atoms with van der Waals surface area (Å²) in [6, 6.07) is 0. The number of hydrogen-bond acceptors (Lipinski definition) is 3. The Hall–Kier alpha value is -1.43. The van der Waals surface area contributed by atoms with E-state index in [-0.39, 0.29) is 0 Å². The predicted octanol–water partition coefficient (Wildman–Crippen LogP) is 1.19. The van der Waals surface area contributed by atoms with Crippen molar-refractivity contribution in [2.75, 3.05) is 0 Å². The molecular formula is C8H11N5S. The van der Waals surface area contributed by atoms with Crippen molar-refractivity contribution < 1.29 is 0 Å². The Bertz CT molecular complexity index is 518. The van der Waals surface area contributed by atoms with Gasteiger partial charge in [0.25, 0.3) is 0 Å². The van der Waals surface area contributed by atoms with Crippen molar-refractivity contribution in [1.29, 1.82) is 0 Å². The predicted molar refractivity (Wildman–Crippen MR) is 55.3 cm³/mol. The van der Waals surface area contributed by atoms with Gasteiger partial charge in [-0.25, -0.2) is 0 Å². The average Bonchev–Trinajstić information content (AvgIpc) is 2.61. The van der Waals surface area contributed by atoms with E-state index in [0.717, 1.165) is 17.1 Å². The molecule has 0 unspecified atom stereocenters. The maximum Gasteiger partial charge on any atom is 0.216 e. The van der Waals surface area contributed by atoms with Gasteiger partial charge in [-0.2, -0.15) is 10.1 Å². The van der Waals surface area contributed by atoms with Crippen molar-refractivity contribution in [2.24, 2.45) is 14.1 Å². The van der Waals surface area contributed by atoms with Crippen LogP contribution in [0.3, 0.4) is 0 Å². The summed E-state index contributed by atoms with van der Waals surface area (Å²) >= 11 is 5.02. The van der Waals surface area contributed by atoms with E-state index in [1.54, 1.807) is 15.6 Å². The van der Waals surface area contributed by atoms with E-state index in [0.29, 0.717) is 4.77 Å². The van der Waals surface area contributed by atoms with Gasteiger partial charge < -0.3 is 0 Å². The van der Waals surface area contributed by atoms with Crippen LogP contribution in [-0.2, 0) is 14.1 Å². The molecule has 0 aliphatic rings. The van der Waals surface area contributed by atoms with Gasteiger partial charge in [0.05, 0.1) is 11.8 Å². The number of H-pyrrole nitrogens is 1. The highest BCUT2D eigenvalue weighted by Crippen LogP contribution is 2.17. The Balaban J connectivity index is 2.60. The van der Waals surface area contributed by atoms with Gasteiger partial charge in [0, 0.05) is 19.8 Å². The molecule has 0 fully saturated rings. The van der Waals surface area contributed by atoms with Gasteiger partial charge in [-0.05, 0) is 19.1 Å². The van der Waals surface area contributed by atoms with Crippen molar-refractivity contribution in [3.8, 4) is 11.4 Å². The van der Waals surface area contributed by atoms with Gasteiger partial charge in [0.2, 0.25) is 4.77 Å². The lowest BCUT2D eigenvalue weighted by Gasteiger charge is -1.95. The third-order valence-corrected chi connectivity index (χ3v) is 2.62. The van der Waals surface area contributed by atoms with E-state index in [2.05, 4.69) is 15.2 Å². The number of nitrogens with one attached hydrogen (secondary N) is 1. The summed E-state index contributed by atoms with van der Waals surface area (Å²) in [6.07, 6.45) is 1.78. The van der Waals surface area contributed by atoms with Crippen LogP contribution in [0.2, 0.25) is 0 Å². The number of nitrogens with zero attached hydrogens (tertiary/aromatic N) is 4. The van der Waals surface area contributed by atoms with Crippen molar-refractivity contribution in [2.45, 2.75) is 6.92 Å². The lowest BCUT2D eigenvalue weighted by atomic mass is 10.2. The fraction of sp³-hybridized carbons (Fsp3) is 0.375. The molecule has 0 saturated heterocycles. The Morgan fingerprint density at radius 1 is 1.43 bits per heavy atom. The first-order valence-electron chi connectivity index (χ1n) is 4.21. The fourth-order valence-electron chi connectivity index (χ4n) is 1.25. The van der Waals surface area contributed by atoms with Gasteiger partial charge in [-0.1, -0.05) is 0 Å². The van der Waals surface area contributed by atoms with Crippen molar-refractivity contribution in [3.05, 3.63) is 16.7 Å². The summed E-state index contributed by atoms with van der Waals surface area (Å²) < 4.78 is 4.06. The minimum Gasteiger partial charge on any atom is -0.279 e. The topological polar surface area (TPSA) is 51.4 Å². The molecule has 1 N–H and O–H groups in total. The maximum absolute atomic E-state index is 5.02. The highest BCUT2D eigenvalue weighted by atomic mass is 32.1. The normalized spacial score (nSPS) is 10.8. The van der Waals surface area contributed by atoms with Gasteiger partial charge in [0.15, 0.2) is 5.82 Å². The monoisotopic (exact) mass is 209 g/mol. The molecule has 0 aliphatic carbocycles. The first-order chi connectivity index (χ1) is 6.59. The number of hydrogen-bond donors (Lipinski definition) is 1. The Labute approximate surface area is 86.4 Å². The smallest absolute Gasteiger partial charge is 0.216 e. The molecule has 0 amide bonds. The van der Waals surface area contributed by atoms with Gasteiger partial charge in [-0.3, -0.25) is 14.5 Å². The molecule has 2 heterocycles. The Morgan fingerprint density at radius 3 is 2.57 bits per heavy atom. The van der Waals surface area contributed by atoms with E-state index in [4.69, 9.17) is 12.2 Å². The lowest BCUT2D eigenvalue weighted by Crippen LogP contribution is -1.93. The van der Waals surface area contributed by atoms with Crippen molar-refractivity contribution in [1.82, 2.24) is 24.5 Å². The molecule has 0 aliphatic heterocycles. The maximum atomic E-state index is 5.02. The average molecular weight is 209 g/mol. The van der Waals surface area contributed by atoms with E-state index < -0.39 is 0 Å². The molecule has 2 aromatic rings. The molecule has 6 heteroatoms. The summed E-state index contributed by atoms with van der Waals surface area (Å²) in [7, 11) is 3.74. The van der Waals surface area contributed by atoms with Crippen molar-refractivity contribution >= 4 is 12.2 Å². The van der Waals surface area contributed by atoms with Crippen LogP contribution in [0.15, 0.2) is 6.20 Å². The second-order valence-electron chi connectivity index (χ2n) is 3.18. The van der Waals surface area contributed by atoms with Gasteiger partial charge in [-0.15, -0.1) is 0 Å². The zero-order valence-corrected chi connectivity index (χ0v) is 9.09. The quantitative estimate of drug-likeness (QED) is 0.718. The molecule has 0 aromatic carbocycles. The third kappa shape index (κ3) is 1.27. The summed E-state index contributed by atoms with van der Waals surface area (Å²) in [4.78, 5) is 4.22. The third-order valence-electron chi connectivity index (χ3n) is 2.26. The first kappa shape index (κ1) is 9.14. The lowest BCUT2D eigenvalue weighted by molar-refractivity contribution is 0.739. The number of aromatic nitrogens is 5. The van der Waals surface area contributed by atoms with Crippen LogP contribution in [-0.4, -0.2) is 24.5 Å². The second-order valence-corrected chi connectivity index (χ2v) is 3.55. The second kappa shape index (κ2) is 3.06. The minimum absolute atomic E-state index is 0.545. The van der Waals surface area contributed by atoms with Gasteiger partial charge >= 0.3 is 0 Å². The number of rotatable bonds is 1. The van der Waals surface area contributed by atoms with Crippen LogP contribution in [0.4, 0.5) is 0 Å². The van der Waals surface area contributed by atoms with Crippen LogP contribution >= 0.6 is 12.2 Å². The Morgan fingerprint density at radius 2 is 2.14 bits per heavy atom. The molecule has 2 rings (SSSR count). The molecule has 0 atom stereocenters. The largest absolute Gasteiger partial charge is 0.279 e. The standard InChI is InChI=1S/C8H11N5S/c1-5-6(4-9-12(5)2)7-10-8(14)13(3)11-7/h4H,1-3H3,(H,10,11,14). The zero-order valence-electron chi connectivity index (χ0n) is 8.27. The SMILES string of the molecule is Cc1c(-c2nc(=S)n(C)[nH]2)cnn1C. The first-order valence-corrected chi connectivity index (χ1v) is 4.62. The Kier molecular flexibility index (Phi) is 1.99. The van der Waals surface area contributed by atoms with E-state index in [9.17, 15) is 0 Å². The number of aryl methyl sites for hydroxylation is 2. The van der Waals surface area contributed by atoms with E-state index in [1.807, 2.05) is 21.0 Å². The molecule has 74 valence electrons. The molecule has 14 heavy (non-hydrogen) atoms. The fourth-order valence-corrected chi connectivity index (χ4v) is 1.39. The molecule has 0 saturated carbocycles. The molecule has 2 aromatic heterocycles.